The number of rotatable bonds is 9. The highest BCUT2D eigenvalue weighted by Crippen LogP contribution is 2.29. The van der Waals surface area contributed by atoms with Crippen LogP contribution in [0.5, 0.6) is 5.75 Å². The van der Waals surface area contributed by atoms with Gasteiger partial charge in [-0.3, -0.25) is 14.5 Å². The monoisotopic (exact) mass is 581 g/mol. The third kappa shape index (κ3) is 8.67. The summed E-state index contributed by atoms with van der Waals surface area (Å²) in [5.74, 6) is 0.132. The van der Waals surface area contributed by atoms with E-state index in [9.17, 15) is 19.5 Å². The first kappa shape index (κ1) is 31.3. The standard InChI is InChI=1S/C31H43N5O6/c1-22-19-36(23(2)21-37)30(39)18-24-17-26(32-29(38)11-12-35-13-15-41-16-14-35)9-10-27(24)42-28(22)20-34(3)31(40)33-25-7-5-4-6-8-25/h4-10,17,22-23,28,37H,11-16,18-21H2,1-3H3,(H,32,38)(H,33,40)/t22-,23+,28-/m1/s1. The Morgan fingerprint density at radius 2 is 1.83 bits per heavy atom. The predicted octanol–water partition coefficient (Wildman–Crippen LogP) is 2.66. The minimum Gasteiger partial charge on any atom is -0.488 e. The minimum absolute atomic E-state index is 0.0565. The average Bonchev–Trinajstić information content (AvgIpc) is 3.04. The van der Waals surface area contributed by atoms with Crippen LogP contribution in [0, 0.1) is 5.92 Å². The normalized spacial score (nSPS) is 20.3. The molecule has 4 amide bonds. The van der Waals surface area contributed by atoms with Crippen LogP contribution in [0.3, 0.4) is 0 Å². The van der Waals surface area contributed by atoms with E-state index in [1.807, 2.05) is 44.2 Å². The number of hydrogen-bond donors (Lipinski definition) is 3. The van der Waals surface area contributed by atoms with E-state index in [-0.39, 0.29) is 49.4 Å². The van der Waals surface area contributed by atoms with Gasteiger partial charge in [0, 0.05) is 62.5 Å². The van der Waals surface area contributed by atoms with E-state index in [1.165, 1.54) is 0 Å². The lowest BCUT2D eigenvalue weighted by molar-refractivity contribution is -0.134. The van der Waals surface area contributed by atoms with Gasteiger partial charge >= 0.3 is 6.03 Å². The molecule has 228 valence electrons. The van der Waals surface area contributed by atoms with E-state index < -0.39 is 6.10 Å². The van der Waals surface area contributed by atoms with Crippen molar-refractivity contribution in [1.82, 2.24) is 14.7 Å². The van der Waals surface area contributed by atoms with Crippen LogP contribution < -0.4 is 15.4 Å². The number of benzene rings is 2. The van der Waals surface area contributed by atoms with Crippen molar-refractivity contribution in [2.45, 2.75) is 38.8 Å². The topological polar surface area (TPSA) is 124 Å². The molecule has 0 bridgehead atoms. The van der Waals surface area contributed by atoms with E-state index in [2.05, 4.69) is 15.5 Å². The maximum Gasteiger partial charge on any atom is 0.321 e. The second-order valence-electron chi connectivity index (χ2n) is 11.1. The summed E-state index contributed by atoms with van der Waals surface area (Å²) < 4.78 is 11.9. The largest absolute Gasteiger partial charge is 0.488 e. The fourth-order valence-corrected chi connectivity index (χ4v) is 5.13. The molecule has 0 spiro atoms. The van der Waals surface area contributed by atoms with E-state index >= 15 is 0 Å². The summed E-state index contributed by atoms with van der Waals surface area (Å²) in [6, 6.07) is 13.9. The van der Waals surface area contributed by atoms with Gasteiger partial charge in [-0.2, -0.15) is 0 Å². The first-order valence-corrected chi connectivity index (χ1v) is 14.6. The van der Waals surface area contributed by atoms with Gasteiger partial charge in [0.2, 0.25) is 11.8 Å². The number of nitrogens with zero attached hydrogens (tertiary/aromatic N) is 3. The van der Waals surface area contributed by atoms with Crippen molar-refractivity contribution in [3.05, 3.63) is 54.1 Å². The number of carbonyl (C=O) groups excluding carboxylic acids is 3. The van der Waals surface area contributed by atoms with Crippen LogP contribution in [-0.4, -0.2) is 109 Å². The van der Waals surface area contributed by atoms with Crippen molar-refractivity contribution in [3.63, 3.8) is 0 Å². The Hall–Kier alpha value is -3.67. The Labute approximate surface area is 247 Å². The van der Waals surface area contributed by atoms with E-state index in [0.29, 0.717) is 55.4 Å². The van der Waals surface area contributed by atoms with Crippen molar-refractivity contribution in [3.8, 4) is 5.75 Å². The third-order valence-corrected chi connectivity index (χ3v) is 7.78. The van der Waals surface area contributed by atoms with Gasteiger partial charge in [0.15, 0.2) is 0 Å². The zero-order valence-corrected chi connectivity index (χ0v) is 24.8. The zero-order chi connectivity index (χ0) is 30.1. The van der Waals surface area contributed by atoms with Gasteiger partial charge < -0.3 is 35.0 Å². The summed E-state index contributed by atoms with van der Waals surface area (Å²) in [5, 5.41) is 15.7. The molecule has 1 saturated heterocycles. The number of aliphatic hydroxyl groups is 1. The van der Waals surface area contributed by atoms with Crippen LogP contribution >= 0.6 is 0 Å². The molecule has 2 heterocycles. The molecule has 3 N–H and O–H groups in total. The van der Waals surface area contributed by atoms with Gasteiger partial charge in [0.05, 0.1) is 38.8 Å². The number of aliphatic hydroxyl groups excluding tert-OH is 1. The van der Waals surface area contributed by atoms with Crippen molar-refractivity contribution in [2.75, 3.05) is 70.2 Å². The molecule has 2 aliphatic heterocycles. The molecule has 0 unspecified atom stereocenters. The molecule has 3 atom stereocenters. The molecular weight excluding hydrogens is 538 g/mol. The number of morpholine rings is 1. The molecule has 0 aromatic heterocycles. The third-order valence-electron chi connectivity index (χ3n) is 7.78. The highest BCUT2D eigenvalue weighted by atomic mass is 16.5. The molecule has 11 heteroatoms. The number of anilines is 2. The lowest BCUT2D eigenvalue weighted by Gasteiger charge is -2.34. The first-order chi connectivity index (χ1) is 20.2. The average molecular weight is 582 g/mol. The maximum atomic E-state index is 13.5. The first-order valence-electron chi connectivity index (χ1n) is 14.6. The Morgan fingerprint density at radius 3 is 2.55 bits per heavy atom. The highest BCUT2D eigenvalue weighted by Gasteiger charge is 2.32. The highest BCUT2D eigenvalue weighted by molar-refractivity contribution is 5.91. The van der Waals surface area contributed by atoms with Gasteiger partial charge in [0.1, 0.15) is 11.9 Å². The molecular formula is C31H43N5O6. The van der Waals surface area contributed by atoms with Crippen LogP contribution in [-0.2, 0) is 20.7 Å². The summed E-state index contributed by atoms with van der Waals surface area (Å²) in [6.07, 6.45) is -0.0322. The summed E-state index contributed by atoms with van der Waals surface area (Å²) in [6.45, 7) is 7.90. The summed E-state index contributed by atoms with van der Waals surface area (Å²) >= 11 is 0. The van der Waals surface area contributed by atoms with Gasteiger partial charge in [-0.1, -0.05) is 25.1 Å². The molecule has 0 radical (unpaired) electrons. The fraction of sp³-hybridized carbons (Fsp3) is 0.516. The Bertz CT molecular complexity index is 1210. The molecule has 0 aliphatic carbocycles. The Morgan fingerprint density at radius 1 is 1.10 bits per heavy atom. The lowest BCUT2D eigenvalue weighted by atomic mass is 10.0. The fourth-order valence-electron chi connectivity index (χ4n) is 5.13. The Balaban J connectivity index is 1.50. The van der Waals surface area contributed by atoms with Crippen molar-refractivity contribution in [1.29, 1.82) is 0 Å². The molecule has 0 saturated carbocycles. The number of hydrogen-bond acceptors (Lipinski definition) is 7. The molecule has 2 aliphatic rings. The van der Waals surface area contributed by atoms with E-state index in [4.69, 9.17) is 9.47 Å². The molecule has 11 nitrogen and oxygen atoms in total. The summed E-state index contributed by atoms with van der Waals surface area (Å²) in [4.78, 5) is 44.6. The van der Waals surface area contributed by atoms with Crippen LogP contribution in [0.15, 0.2) is 48.5 Å². The van der Waals surface area contributed by atoms with Gasteiger partial charge in [-0.05, 0) is 37.3 Å². The van der Waals surface area contributed by atoms with Crippen molar-refractivity contribution < 1.29 is 29.0 Å². The molecule has 2 aromatic rings. The number of amides is 4. The number of fused-ring (bicyclic) bond motifs is 1. The number of likely N-dealkylation sites (N-methyl/N-ethyl adjacent to an activating group) is 1. The van der Waals surface area contributed by atoms with Crippen LogP contribution in [0.25, 0.3) is 0 Å². The van der Waals surface area contributed by atoms with Crippen molar-refractivity contribution >= 4 is 29.2 Å². The number of urea groups is 1. The lowest BCUT2D eigenvalue weighted by Crippen LogP contribution is -2.48. The number of ether oxygens (including phenoxy) is 2. The quantitative estimate of drug-likeness (QED) is 0.416. The second-order valence-corrected chi connectivity index (χ2v) is 11.1. The minimum atomic E-state index is -0.441. The van der Waals surface area contributed by atoms with Crippen LogP contribution in [0.2, 0.25) is 0 Å². The van der Waals surface area contributed by atoms with Gasteiger partial charge in [-0.15, -0.1) is 0 Å². The molecule has 4 rings (SSSR count). The predicted molar refractivity (Wildman–Crippen MR) is 161 cm³/mol. The van der Waals surface area contributed by atoms with E-state index in [0.717, 1.165) is 13.1 Å². The Kier molecular flexibility index (Phi) is 11.2. The maximum absolute atomic E-state index is 13.5. The number of para-hydroxylation sites is 1. The smallest absolute Gasteiger partial charge is 0.321 e. The van der Waals surface area contributed by atoms with Crippen LogP contribution in [0.1, 0.15) is 25.8 Å². The van der Waals surface area contributed by atoms with Gasteiger partial charge in [-0.25, -0.2) is 4.79 Å². The summed E-state index contributed by atoms with van der Waals surface area (Å²) in [7, 11) is 1.71. The SMILES string of the molecule is C[C@@H]1CN([C@@H](C)CO)C(=O)Cc2cc(NC(=O)CCN3CCOCC3)ccc2O[C@@H]1CN(C)C(=O)Nc1ccccc1. The molecule has 2 aromatic carbocycles. The number of carbonyl (C=O) groups is 3. The van der Waals surface area contributed by atoms with Crippen molar-refractivity contribution in [2.24, 2.45) is 5.92 Å². The zero-order valence-electron chi connectivity index (χ0n) is 24.8. The second kappa shape index (κ2) is 15.0. The van der Waals surface area contributed by atoms with Gasteiger partial charge in [0.25, 0.3) is 0 Å². The number of nitrogens with one attached hydrogen (secondary N) is 2. The summed E-state index contributed by atoms with van der Waals surface area (Å²) in [5.41, 5.74) is 1.91. The molecule has 1 fully saturated rings. The van der Waals surface area contributed by atoms with E-state index in [1.54, 1.807) is 35.0 Å². The molecule has 42 heavy (non-hydrogen) atoms. The van der Waals surface area contributed by atoms with Crippen LogP contribution in [0.4, 0.5) is 16.2 Å².